The van der Waals surface area contributed by atoms with E-state index in [-0.39, 0.29) is 36.1 Å². The minimum absolute atomic E-state index is 0.0237. The van der Waals surface area contributed by atoms with E-state index >= 15 is 0 Å². The first-order valence-corrected chi connectivity index (χ1v) is 8.38. The predicted molar refractivity (Wildman–Crippen MR) is 94.3 cm³/mol. The molecule has 0 aliphatic carbocycles. The standard InChI is InChI=1S/C18H20N2O6/c1-3-6-12-17(18(23)26-4-2)11(9-10-15(21)22)16-13(19-12)7-5-8-14(16)20(24)25/h5,7-8H,3-4,6,9-10H2,1-2H3,(H,21,22). The summed E-state index contributed by atoms with van der Waals surface area (Å²) in [4.78, 5) is 39.0. The molecule has 0 saturated carbocycles. The SMILES string of the molecule is CCCc1nc2cccc([N+](=O)[O-])c2c(CCC(=O)O)c1C(=O)OCC. The zero-order valence-corrected chi connectivity index (χ0v) is 14.7. The van der Waals surface area contributed by atoms with Crippen molar-refractivity contribution in [2.24, 2.45) is 0 Å². The topological polar surface area (TPSA) is 120 Å². The number of nitro groups is 1. The van der Waals surface area contributed by atoms with Gasteiger partial charge in [0.15, 0.2) is 0 Å². The van der Waals surface area contributed by atoms with Crippen LogP contribution in [0.5, 0.6) is 0 Å². The number of carbonyl (C=O) groups is 2. The number of carbonyl (C=O) groups excluding carboxylic acids is 1. The normalized spacial score (nSPS) is 10.7. The summed E-state index contributed by atoms with van der Waals surface area (Å²) >= 11 is 0. The first-order chi connectivity index (χ1) is 12.4. The molecule has 2 aromatic rings. The predicted octanol–water partition coefficient (Wildman–Crippen LogP) is 3.29. The van der Waals surface area contributed by atoms with Crippen molar-refractivity contribution in [1.82, 2.24) is 4.98 Å². The van der Waals surface area contributed by atoms with Gasteiger partial charge in [0.2, 0.25) is 0 Å². The van der Waals surface area contributed by atoms with E-state index in [1.807, 2.05) is 6.92 Å². The Morgan fingerprint density at radius 1 is 1.27 bits per heavy atom. The van der Waals surface area contributed by atoms with E-state index in [0.717, 1.165) is 0 Å². The van der Waals surface area contributed by atoms with Crippen LogP contribution in [-0.2, 0) is 22.4 Å². The number of fused-ring (bicyclic) bond motifs is 1. The zero-order chi connectivity index (χ0) is 19.3. The highest BCUT2D eigenvalue weighted by Crippen LogP contribution is 2.33. The summed E-state index contributed by atoms with van der Waals surface area (Å²) in [5.74, 6) is -1.69. The lowest BCUT2D eigenvalue weighted by molar-refractivity contribution is -0.383. The van der Waals surface area contributed by atoms with Crippen molar-refractivity contribution >= 4 is 28.5 Å². The smallest absolute Gasteiger partial charge is 0.340 e. The fourth-order valence-corrected chi connectivity index (χ4v) is 2.93. The van der Waals surface area contributed by atoms with Gasteiger partial charge in [0.25, 0.3) is 5.69 Å². The van der Waals surface area contributed by atoms with Crippen molar-refractivity contribution in [2.45, 2.75) is 39.5 Å². The maximum atomic E-state index is 12.6. The maximum absolute atomic E-state index is 12.6. The van der Waals surface area contributed by atoms with Crippen LogP contribution in [0, 0.1) is 10.1 Å². The Labute approximate surface area is 150 Å². The van der Waals surface area contributed by atoms with E-state index in [2.05, 4.69) is 4.98 Å². The van der Waals surface area contributed by atoms with E-state index in [9.17, 15) is 19.7 Å². The number of carboxylic acids is 1. The fraction of sp³-hybridized carbons (Fsp3) is 0.389. The molecule has 1 aromatic carbocycles. The summed E-state index contributed by atoms with van der Waals surface area (Å²) in [6.45, 7) is 3.72. The molecule has 0 amide bonds. The number of hydrogen-bond donors (Lipinski definition) is 1. The second kappa shape index (κ2) is 8.37. The number of esters is 1. The second-order valence-electron chi connectivity index (χ2n) is 5.70. The van der Waals surface area contributed by atoms with Crippen molar-refractivity contribution in [2.75, 3.05) is 6.61 Å². The Morgan fingerprint density at radius 2 is 2.00 bits per heavy atom. The summed E-state index contributed by atoms with van der Waals surface area (Å²) in [6.07, 6.45) is 0.901. The third kappa shape index (κ3) is 3.96. The fourth-order valence-electron chi connectivity index (χ4n) is 2.93. The maximum Gasteiger partial charge on any atom is 0.340 e. The van der Waals surface area contributed by atoms with Crippen molar-refractivity contribution in [3.63, 3.8) is 0 Å². The molecule has 0 bridgehead atoms. The summed E-state index contributed by atoms with van der Waals surface area (Å²) < 4.78 is 5.12. The lowest BCUT2D eigenvalue weighted by atomic mass is 9.94. The monoisotopic (exact) mass is 360 g/mol. The number of benzene rings is 1. The van der Waals surface area contributed by atoms with Gasteiger partial charge < -0.3 is 9.84 Å². The van der Waals surface area contributed by atoms with Gasteiger partial charge >= 0.3 is 11.9 Å². The Balaban J connectivity index is 2.87. The minimum atomic E-state index is -1.06. The largest absolute Gasteiger partial charge is 0.481 e. The van der Waals surface area contributed by atoms with Crippen LogP contribution in [0.2, 0.25) is 0 Å². The number of carboxylic acid groups (broad SMARTS) is 1. The minimum Gasteiger partial charge on any atom is -0.481 e. The number of pyridine rings is 1. The molecule has 1 heterocycles. The summed E-state index contributed by atoms with van der Waals surface area (Å²) in [5.41, 5.74) is 1.10. The van der Waals surface area contributed by atoms with Crippen LogP contribution in [0.3, 0.4) is 0 Å². The van der Waals surface area contributed by atoms with E-state index in [4.69, 9.17) is 9.84 Å². The summed E-state index contributed by atoms with van der Waals surface area (Å²) in [5, 5.41) is 20.7. The van der Waals surface area contributed by atoms with Crippen LogP contribution in [0.15, 0.2) is 18.2 Å². The van der Waals surface area contributed by atoms with Gasteiger partial charge in [-0.1, -0.05) is 19.4 Å². The van der Waals surface area contributed by atoms with Crippen LogP contribution in [0.1, 0.15) is 48.3 Å². The first kappa shape index (κ1) is 19.3. The molecule has 0 unspecified atom stereocenters. The van der Waals surface area contributed by atoms with Gasteiger partial charge in [-0.2, -0.15) is 0 Å². The quantitative estimate of drug-likeness (QED) is 0.436. The van der Waals surface area contributed by atoms with E-state index in [0.29, 0.717) is 29.6 Å². The summed E-state index contributed by atoms with van der Waals surface area (Å²) in [6, 6.07) is 4.47. The lowest BCUT2D eigenvalue weighted by Gasteiger charge is -2.15. The molecule has 0 atom stereocenters. The number of hydrogen-bond acceptors (Lipinski definition) is 6. The molecule has 26 heavy (non-hydrogen) atoms. The number of ether oxygens (including phenoxy) is 1. The van der Waals surface area contributed by atoms with Gasteiger partial charge in [0.1, 0.15) is 0 Å². The highest BCUT2D eigenvalue weighted by molar-refractivity contribution is 6.01. The number of rotatable bonds is 8. The number of nitrogens with zero attached hydrogens (tertiary/aromatic N) is 2. The third-order valence-corrected chi connectivity index (χ3v) is 3.92. The molecule has 2 rings (SSSR count). The van der Waals surface area contributed by atoms with E-state index in [1.54, 1.807) is 13.0 Å². The van der Waals surface area contributed by atoms with Crippen molar-refractivity contribution in [1.29, 1.82) is 0 Å². The number of non-ortho nitro benzene ring substituents is 1. The molecule has 8 heteroatoms. The number of aliphatic carboxylic acids is 1. The van der Waals surface area contributed by atoms with Gasteiger partial charge in [-0.15, -0.1) is 0 Å². The molecule has 0 fully saturated rings. The molecule has 0 saturated heterocycles. The molecule has 8 nitrogen and oxygen atoms in total. The number of aromatic nitrogens is 1. The average molecular weight is 360 g/mol. The van der Waals surface area contributed by atoms with E-state index in [1.165, 1.54) is 12.1 Å². The number of nitro benzene ring substituents is 1. The van der Waals surface area contributed by atoms with Crippen molar-refractivity contribution < 1.29 is 24.4 Å². The van der Waals surface area contributed by atoms with Crippen LogP contribution >= 0.6 is 0 Å². The molecular weight excluding hydrogens is 340 g/mol. The Morgan fingerprint density at radius 3 is 2.58 bits per heavy atom. The van der Waals surface area contributed by atoms with Gasteiger partial charge in [0.05, 0.1) is 33.7 Å². The van der Waals surface area contributed by atoms with Gasteiger partial charge in [0, 0.05) is 12.5 Å². The highest BCUT2D eigenvalue weighted by atomic mass is 16.6. The van der Waals surface area contributed by atoms with Crippen molar-refractivity contribution in [3.05, 3.63) is 45.1 Å². The molecular formula is C18H20N2O6. The van der Waals surface area contributed by atoms with Crippen LogP contribution < -0.4 is 0 Å². The Bertz CT molecular complexity index is 862. The highest BCUT2D eigenvalue weighted by Gasteiger charge is 2.26. The Hall–Kier alpha value is -3.03. The molecule has 0 spiro atoms. The lowest BCUT2D eigenvalue weighted by Crippen LogP contribution is -2.15. The number of aryl methyl sites for hydroxylation is 2. The average Bonchev–Trinajstić information content (AvgIpc) is 2.58. The van der Waals surface area contributed by atoms with Crippen molar-refractivity contribution in [3.8, 4) is 0 Å². The van der Waals surface area contributed by atoms with Crippen LogP contribution in [0.4, 0.5) is 5.69 Å². The Kier molecular flexibility index (Phi) is 6.21. The molecule has 138 valence electrons. The van der Waals surface area contributed by atoms with Gasteiger partial charge in [-0.05, 0) is 31.4 Å². The molecule has 0 aliphatic heterocycles. The van der Waals surface area contributed by atoms with Crippen LogP contribution in [-0.4, -0.2) is 33.6 Å². The molecule has 1 aromatic heterocycles. The van der Waals surface area contributed by atoms with Gasteiger partial charge in [-0.25, -0.2) is 4.79 Å². The van der Waals surface area contributed by atoms with Crippen LogP contribution in [0.25, 0.3) is 10.9 Å². The summed E-state index contributed by atoms with van der Waals surface area (Å²) in [7, 11) is 0. The van der Waals surface area contributed by atoms with E-state index < -0.39 is 16.9 Å². The first-order valence-electron chi connectivity index (χ1n) is 8.38. The van der Waals surface area contributed by atoms with Gasteiger partial charge in [-0.3, -0.25) is 19.9 Å². The molecule has 0 radical (unpaired) electrons. The third-order valence-electron chi connectivity index (χ3n) is 3.92. The molecule has 0 aliphatic rings. The molecule has 1 N–H and O–H groups in total. The second-order valence-corrected chi connectivity index (χ2v) is 5.70. The zero-order valence-electron chi connectivity index (χ0n) is 14.7.